The van der Waals surface area contributed by atoms with E-state index in [0.717, 1.165) is 19.3 Å². The van der Waals surface area contributed by atoms with E-state index in [0.29, 0.717) is 28.9 Å². The van der Waals surface area contributed by atoms with Crippen molar-refractivity contribution < 1.29 is 17.9 Å². The molecule has 0 atom stereocenters. The van der Waals surface area contributed by atoms with Gasteiger partial charge in [-0.2, -0.15) is 0 Å². The minimum Gasteiger partial charge on any atom is -0.496 e. The monoisotopic (exact) mass is 442 g/mol. The number of hydrogen-bond acceptors (Lipinski definition) is 4. The number of benzene rings is 2. The SMILES string of the molecule is COc1ccc(S(=O)(=O)Nc2cc(Cl)cc(Cl)c2)cc1C(=O)N1CCCCC1. The second-order valence-electron chi connectivity index (χ2n) is 6.48. The molecular formula is C19H20Cl2N2O4S. The summed E-state index contributed by atoms with van der Waals surface area (Å²) in [5.74, 6) is 0.0970. The molecule has 28 heavy (non-hydrogen) atoms. The third kappa shape index (κ3) is 4.71. The zero-order chi connectivity index (χ0) is 20.3. The first-order valence-corrected chi connectivity index (χ1v) is 11.0. The lowest BCUT2D eigenvalue weighted by Gasteiger charge is -2.27. The summed E-state index contributed by atoms with van der Waals surface area (Å²) >= 11 is 11.9. The van der Waals surface area contributed by atoms with Crippen LogP contribution >= 0.6 is 23.2 Å². The van der Waals surface area contributed by atoms with E-state index < -0.39 is 10.0 Å². The van der Waals surface area contributed by atoms with Gasteiger partial charge in [-0.05, 0) is 55.7 Å². The van der Waals surface area contributed by atoms with E-state index in [1.54, 1.807) is 4.90 Å². The Morgan fingerprint density at radius 1 is 1.04 bits per heavy atom. The van der Waals surface area contributed by atoms with E-state index in [2.05, 4.69) is 4.72 Å². The van der Waals surface area contributed by atoms with Crippen molar-refractivity contribution in [1.82, 2.24) is 4.90 Å². The molecule has 0 radical (unpaired) electrons. The highest BCUT2D eigenvalue weighted by molar-refractivity contribution is 7.92. The van der Waals surface area contributed by atoms with Gasteiger partial charge in [0.15, 0.2) is 0 Å². The fourth-order valence-electron chi connectivity index (χ4n) is 3.12. The van der Waals surface area contributed by atoms with Gasteiger partial charge < -0.3 is 9.64 Å². The zero-order valence-corrected chi connectivity index (χ0v) is 17.6. The van der Waals surface area contributed by atoms with Crippen LogP contribution in [-0.4, -0.2) is 39.4 Å². The molecule has 0 spiro atoms. The number of carbonyl (C=O) groups is 1. The van der Waals surface area contributed by atoms with Crippen LogP contribution in [0, 0.1) is 0 Å². The van der Waals surface area contributed by atoms with E-state index >= 15 is 0 Å². The highest BCUT2D eigenvalue weighted by Gasteiger charge is 2.24. The second-order valence-corrected chi connectivity index (χ2v) is 9.03. The van der Waals surface area contributed by atoms with Crippen LogP contribution in [0.15, 0.2) is 41.3 Å². The number of amides is 1. The van der Waals surface area contributed by atoms with E-state index in [4.69, 9.17) is 27.9 Å². The molecule has 9 heteroatoms. The number of methoxy groups -OCH3 is 1. The first-order chi connectivity index (χ1) is 13.3. The predicted octanol–water partition coefficient (Wildman–Crippen LogP) is 4.43. The van der Waals surface area contributed by atoms with Crippen LogP contribution in [0.25, 0.3) is 0 Å². The lowest BCUT2D eigenvalue weighted by atomic mass is 10.1. The van der Waals surface area contributed by atoms with Crippen LogP contribution in [0.3, 0.4) is 0 Å². The molecule has 1 saturated heterocycles. The molecule has 1 heterocycles. The Labute approximate surface area is 174 Å². The van der Waals surface area contributed by atoms with Gasteiger partial charge in [0.1, 0.15) is 5.75 Å². The minimum absolute atomic E-state index is 0.0512. The summed E-state index contributed by atoms with van der Waals surface area (Å²) in [6.45, 7) is 1.30. The van der Waals surface area contributed by atoms with Crippen LogP contribution in [-0.2, 0) is 10.0 Å². The minimum atomic E-state index is -3.95. The standard InChI is InChI=1S/C19H20Cl2N2O4S/c1-27-18-6-5-16(12-17(18)19(24)23-7-3-2-4-8-23)28(25,26)22-15-10-13(20)9-14(21)11-15/h5-6,9-12,22H,2-4,7-8H2,1H3. The molecule has 1 fully saturated rings. The summed E-state index contributed by atoms with van der Waals surface area (Å²) in [7, 11) is -2.51. The maximum atomic E-state index is 12.9. The molecule has 150 valence electrons. The summed E-state index contributed by atoms with van der Waals surface area (Å²) in [6, 6.07) is 8.62. The summed E-state index contributed by atoms with van der Waals surface area (Å²) in [5, 5.41) is 0.613. The number of likely N-dealkylation sites (tertiary alicyclic amines) is 1. The summed E-state index contributed by atoms with van der Waals surface area (Å²) in [4.78, 5) is 14.6. The number of piperidine rings is 1. The van der Waals surface area contributed by atoms with Gasteiger partial charge in [0.2, 0.25) is 0 Å². The average Bonchev–Trinajstić information content (AvgIpc) is 2.66. The van der Waals surface area contributed by atoms with Crippen molar-refractivity contribution in [2.24, 2.45) is 0 Å². The Morgan fingerprint density at radius 3 is 2.29 bits per heavy atom. The third-order valence-electron chi connectivity index (χ3n) is 4.47. The summed E-state index contributed by atoms with van der Waals surface area (Å²) in [6.07, 6.45) is 2.95. The van der Waals surface area contributed by atoms with Crippen LogP contribution < -0.4 is 9.46 Å². The molecule has 0 unspecified atom stereocenters. The van der Waals surface area contributed by atoms with Crippen molar-refractivity contribution in [2.45, 2.75) is 24.2 Å². The molecule has 0 aromatic heterocycles. The Hall–Kier alpha value is -1.96. The van der Waals surface area contributed by atoms with E-state index in [9.17, 15) is 13.2 Å². The van der Waals surface area contributed by atoms with Gasteiger partial charge in [-0.15, -0.1) is 0 Å². The highest BCUT2D eigenvalue weighted by atomic mass is 35.5. The first kappa shape index (κ1) is 20.8. The molecule has 1 aliphatic heterocycles. The van der Waals surface area contributed by atoms with Gasteiger partial charge in [0.25, 0.3) is 15.9 Å². The largest absolute Gasteiger partial charge is 0.496 e. The number of anilines is 1. The molecule has 2 aromatic rings. The van der Waals surface area contributed by atoms with Crippen molar-refractivity contribution in [1.29, 1.82) is 0 Å². The number of sulfonamides is 1. The van der Waals surface area contributed by atoms with Crippen LogP contribution in [0.4, 0.5) is 5.69 Å². The molecule has 1 amide bonds. The molecule has 1 aliphatic rings. The topological polar surface area (TPSA) is 75.7 Å². The van der Waals surface area contributed by atoms with Crippen LogP contribution in [0.5, 0.6) is 5.75 Å². The van der Waals surface area contributed by atoms with E-state index in [1.165, 1.54) is 43.5 Å². The van der Waals surface area contributed by atoms with Crippen molar-refractivity contribution >= 4 is 44.8 Å². The maximum Gasteiger partial charge on any atom is 0.261 e. The van der Waals surface area contributed by atoms with Gasteiger partial charge in [-0.1, -0.05) is 23.2 Å². The number of rotatable bonds is 5. The fourth-order valence-corrected chi connectivity index (χ4v) is 4.71. The Morgan fingerprint density at radius 2 is 1.68 bits per heavy atom. The van der Waals surface area contributed by atoms with Crippen molar-refractivity contribution in [2.75, 3.05) is 24.9 Å². The molecule has 6 nitrogen and oxygen atoms in total. The summed E-state index contributed by atoms with van der Waals surface area (Å²) in [5.41, 5.74) is 0.452. The van der Waals surface area contributed by atoms with Crippen molar-refractivity contribution in [3.05, 3.63) is 52.0 Å². The first-order valence-electron chi connectivity index (χ1n) is 8.76. The lowest BCUT2D eigenvalue weighted by molar-refractivity contribution is 0.0720. The third-order valence-corrected chi connectivity index (χ3v) is 6.29. The number of halogens is 2. The molecule has 2 aromatic carbocycles. The maximum absolute atomic E-state index is 12.9. The fraction of sp³-hybridized carbons (Fsp3) is 0.316. The quantitative estimate of drug-likeness (QED) is 0.742. The van der Waals surface area contributed by atoms with E-state index in [-0.39, 0.29) is 22.1 Å². The molecule has 3 rings (SSSR count). The Kier molecular flexibility index (Phi) is 6.37. The average molecular weight is 443 g/mol. The smallest absolute Gasteiger partial charge is 0.261 e. The number of nitrogens with one attached hydrogen (secondary N) is 1. The second kappa shape index (κ2) is 8.59. The molecule has 0 saturated carbocycles. The van der Waals surface area contributed by atoms with Gasteiger partial charge >= 0.3 is 0 Å². The number of carbonyl (C=O) groups excluding carboxylic acids is 1. The van der Waals surface area contributed by atoms with Crippen molar-refractivity contribution in [3.63, 3.8) is 0 Å². The molecule has 0 aliphatic carbocycles. The summed E-state index contributed by atoms with van der Waals surface area (Å²) < 4.78 is 33.3. The molecule has 1 N–H and O–H groups in total. The number of hydrogen-bond donors (Lipinski definition) is 1. The lowest BCUT2D eigenvalue weighted by Crippen LogP contribution is -2.35. The van der Waals surface area contributed by atoms with Crippen molar-refractivity contribution in [3.8, 4) is 5.75 Å². The number of ether oxygens (including phenoxy) is 1. The van der Waals surface area contributed by atoms with Crippen LogP contribution in [0.2, 0.25) is 10.0 Å². The zero-order valence-electron chi connectivity index (χ0n) is 15.2. The molecular weight excluding hydrogens is 423 g/mol. The highest BCUT2D eigenvalue weighted by Crippen LogP contribution is 2.28. The van der Waals surface area contributed by atoms with Gasteiger partial charge in [-0.3, -0.25) is 9.52 Å². The van der Waals surface area contributed by atoms with Gasteiger partial charge in [0.05, 0.1) is 23.3 Å². The van der Waals surface area contributed by atoms with E-state index in [1.807, 2.05) is 0 Å². The van der Waals surface area contributed by atoms with Gasteiger partial charge in [0, 0.05) is 23.1 Å². The Bertz CT molecular complexity index is 969. The molecule has 0 bridgehead atoms. The van der Waals surface area contributed by atoms with Gasteiger partial charge in [-0.25, -0.2) is 8.42 Å². The number of nitrogens with zero attached hydrogens (tertiary/aromatic N) is 1. The predicted molar refractivity (Wildman–Crippen MR) is 110 cm³/mol. The Balaban J connectivity index is 1.93. The van der Waals surface area contributed by atoms with Crippen LogP contribution in [0.1, 0.15) is 29.6 Å². The normalized spacial score (nSPS) is 14.6.